The van der Waals surface area contributed by atoms with Gasteiger partial charge in [-0.15, -0.1) is 0 Å². The summed E-state index contributed by atoms with van der Waals surface area (Å²) in [5, 5.41) is 14.7. The van der Waals surface area contributed by atoms with Gasteiger partial charge in [0.25, 0.3) is 0 Å². The zero-order valence-electron chi connectivity index (χ0n) is 19.0. The SMILES string of the molecule is C[C@H](NC(=O)CC(CC(=O)c1ccc(-c2ccc(Br)cc2)cc1)C(=O)O)C(=O)Nc1ccccc1. The van der Waals surface area contributed by atoms with E-state index < -0.39 is 36.2 Å². The third kappa shape index (κ3) is 7.61. The first-order valence-corrected chi connectivity index (χ1v) is 11.8. The summed E-state index contributed by atoms with van der Waals surface area (Å²) in [4.78, 5) is 49.1. The second-order valence-corrected chi connectivity index (χ2v) is 9.01. The molecule has 3 aromatic rings. The molecule has 8 heteroatoms. The Bertz CT molecular complexity index is 1190. The first-order valence-electron chi connectivity index (χ1n) is 11.0. The van der Waals surface area contributed by atoms with Gasteiger partial charge in [0.1, 0.15) is 6.04 Å². The van der Waals surface area contributed by atoms with Gasteiger partial charge >= 0.3 is 5.97 Å². The number of carbonyl (C=O) groups excluding carboxylic acids is 3. The Labute approximate surface area is 211 Å². The maximum absolute atomic E-state index is 12.7. The molecule has 0 heterocycles. The molecule has 0 saturated carbocycles. The fourth-order valence-electron chi connectivity index (χ4n) is 3.44. The zero-order chi connectivity index (χ0) is 25.4. The molecule has 2 atom stereocenters. The number of halogens is 1. The maximum atomic E-state index is 12.7. The summed E-state index contributed by atoms with van der Waals surface area (Å²) in [5.41, 5.74) is 2.86. The van der Waals surface area contributed by atoms with Crippen molar-refractivity contribution in [3.8, 4) is 11.1 Å². The lowest BCUT2D eigenvalue weighted by atomic mass is 9.94. The summed E-state index contributed by atoms with van der Waals surface area (Å²) in [7, 11) is 0. The molecule has 0 saturated heterocycles. The van der Waals surface area contributed by atoms with E-state index in [1.165, 1.54) is 6.92 Å². The van der Waals surface area contributed by atoms with Crippen LogP contribution in [-0.4, -0.2) is 34.7 Å². The first kappa shape index (κ1) is 25.8. The van der Waals surface area contributed by atoms with E-state index in [2.05, 4.69) is 26.6 Å². The van der Waals surface area contributed by atoms with Crippen LogP contribution in [0.1, 0.15) is 30.1 Å². The van der Waals surface area contributed by atoms with E-state index in [1.54, 1.807) is 48.5 Å². The molecule has 0 aliphatic rings. The summed E-state index contributed by atoms with van der Waals surface area (Å²) in [5.74, 6) is -3.88. The van der Waals surface area contributed by atoms with Crippen molar-refractivity contribution in [1.82, 2.24) is 5.32 Å². The minimum absolute atomic E-state index is 0.328. The molecule has 3 aromatic carbocycles. The van der Waals surface area contributed by atoms with Crippen LogP contribution in [0.5, 0.6) is 0 Å². The van der Waals surface area contributed by atoms with Crippen molar-refractivity contribution in [2.24, 2.45) is 5.92 Å². The summed E-state index contributed by atoms with van der Waals surface area (Å²) in [6.07, 6.45) is -0.744. The molecule has 3 N–H and O–H groups in total. The highest BCUT2D eigenvalue weighted by atomic mass is 79.9. The quantitative estimate of drug-likeness (QED) is 0.318. The zero-order valence-corrected chi connectivity index (χ0v) is 20.6. The molecular weight excluding hydrogens is 512 g/mol. The molecule has 0 fully saturated rings. The second kappa shape index (κ2) is 12.1. The maximum Gasteiger partial charge on any atom is 0.307 e. The summed E-state index contributed by atoms with van der Waals surface area (Å²) in [6.45, 7) is 1.50. The van der Waals surface area contributed by atoms with E-state index in [-0.39, 0.29) is 12.2 Å². The predicted molar refractivity (Wildman–Crippen MR) is 137 cm³/mol. The Hall–Kier alpha value is -3.78. The molecule has 0 aromatic heterocycles. The molecule has 180 valence electrons. The lowest BCUT2D eigenvalue weighted by Crippen LogP contribution is -2.42. The number of benzene rings is 3. The van der Waals surface area contributed by atoms with E-state index in [9.17, 15) is 24.3 Å². The number of para-hydroxylation sites is 1. The summed E-state index contributed by atoms with van der Waals surface area (Å²) >= 11 is 3.39. The van der Waals surface area contributed by atoms with Crippen LogP contribution >= 0.6 is 15.9 Å². The number of rotatable bonds is 10. The molecule has 1 unspecified atom stereocenters. The van der Waals surface area contributed by atoms with E-state index in [1.807, 2.05) is 30.3 Å². The predicted octanol–water partition coefficient (Wildman–Crippen LogP) is 4.92. The Morgan fingerprint density at radius 1 is 0.829 bits per heavy atom. The van der Waals surface area contributed by atoms with Crippen molar-refractivity contribution in [1.29, 1.82) is 0 Å². The number of hydrogen-bond acceptors (Lipinski definition) is 4. The highest BCUT2D eigenvalue weighted by Gasteiger charge is 2.26. The molecule has 3 rings (SSSR count). The van der Waals surface area contributed by atoms with Crippen LogP contribution in [0.3, 0.4) is 0 Å². The number of carbonyl (C=O) groups is 4. The van der Waals surface area contributed by atoms with Crippen LogP contribution in [0, 0.1) is 5.92 Å². The number of hydrogen-bond donors (Lipinski definition) is 3. The fourth-order valence-corrected chi connectivity index (χ4v) is 3.71. The molecule has 0 bridgehead atoms. The highest BCUT2D eigenvalue weighted by Crippen LogP contribution is 2.23. The van der Waals surface area contributed by atoms with Gasteiger partial charge in [-0.2, -0.15) is 0 Å². The highest BCUT2D eigenvalue weighted by molar-refractivity contribution is 9.10. The average Bonchev–Trinajstić information content (AvgIpc) is 2.84. The molecule has 35 heavy (non-hydrogen) atoms. The largest absolute Gasteiger partial charge is 0.481 e. The van der Waals surface area contributed by atoms with Gasteiger partial charge in [0, 0.05) is 28.6 Å². The number of anilines is 1. The van der Waals surface area contributed by atoms with Crippen molar-refractivity contribution in [3.63, 3.8) is 0 Å². The van der Waals surface area contributed by atoms with Crippen LogP contribution in [0.4, 0.5) is 5.69 Å². The van der Waals surface area contributed by atoms with Gasteiger partial charge < -0.3 is 15.7 Å². The van der Waals surface area contributed by atoms with Crippen LogP contribution < -0.4 is 10.6 Å². The molecule has 0 aliphatic heterocycles. The monoisotopic (exact) mass is 536 g/mol. The standard InChI is InChI=1S/C27H25BrN2O5/c1-17(26(33)30-23-5-3-2-4-6-23)29-25(32)16-21(27(34)35)15-24(31)20-9-7-18(8-10-20)19-11-13-22(28)14-12-19/h2-14,17,21H,15-16H2,1H3,(H,29,32)(H,30,33)(H,34,35)/t17-,21?/m0/s1. The average molecular weight is 537 g/mol. The van der Waals surface area contributed by atoms with Crippen molar-refractivity contribution in [3.05, 3.63) is 88.9 Å². The number of ketones is 1. The number of Topliss-reactive ketones (excluding diaryl/α,β-unsaturated/α-hetero) is 1. The number of carboxylic acid groups (broad SMARTS) is 1. The van der Waals surface area contributed by atoms with Gasteiger partial charge in [-0.05, 0) is 42.3 Å². The van der Waals surface area contributed by atoms with Gasteiger partial charge in [0.15, 0.2) is 5.78 Å². The van der Waals surface area contributed by atoms with Crippen LogP contribution in [-0.2, 0) is 14.4 Å². The van der Waals surface area contributed by atoms with E-state index in [0.717, 1.165) is 15.6 Å². The van der Waals surface area contributed by atoms with Crippen LogP contribution in [0.15, 0.2) is 83.3 Å². The van der Waals surface area contributed by atoms with Crippen molar-refractivity contribution in [2.45, 2.75) is 25.8 Å². The van der Waals surface area contributed by atoms with Gasteiger partial charge in [-0.25, -0.2) is 0 Å². The number of carboxylic acids is 1. The van der Waals surface area contributed by atoms with Crippen molar-refractivity contribution >= 4 is 45.2 Å². The lowest BCUT2D eigenvalue weighted by molar-refractivity contribution is -0.144. The first-order chi connectivity index (χ1) is 16.7. The fraction of sp³-hybridized carbons (Fsp3) is 0.185. The van der Waals surface area contributed by atoms with Crippen molar-refractivity contribution in [2.75, 3.05) is 5.32 Å². The molecular formula is C27H25BrN2O5. The van der Waals surface area contributed by atoms with Gasteiger partial charge in [0.05, 0.1) is 5.92 Å². The van der Waals surface area contributed by atoms with Crippen LogP contribution in [0.2, 0.25) is 0 Å². The van der Waals surface area contributed by atoms with Crippen molar-refractivity contribution < 1.29 is 24.3 Å². The Morgan fingerprint density at radius 2 is 1.40 bits per heavy atom. The smallest absolute Gasteiger partial charge is 0.307 e. The minimum Gasteiger partial charge on any atom is -0.481 e. The molecule has 7 nitrogen and oxygen atoms in total. The Balaban J connectivity index is 1.56. The minimum atomic E-state index is -1.25. The number of amides is 2. The molecule has 0 radical (unpaired) electrons. The third-order valence-corrected chi connectivity index (χ3v) is 5.94. The second-order valence-electron chi connectivity index (χ2n) is 8.10. The number of nitrogens with one attached hydrogen (secondary N) is 2. The van der Waals surface area contributed by atoms with E-state index >= 15 is 0 Å². The number of aliphatic carboxylic acids is 1. The van der Waals surface area contributed by atoms with Gasteiger partial charge in [0.2, 0.25) is 11.8 Å². The summed E-state index contributed by atoms with van der Waals surface area (Å²) in [6, 6.07) is 22.5. The molecule has 2 amide bonds. The molecule has 0 aliphatic carbocycles. The van der Waals surface area contributed by atoms with Crippen LogP contribution in [0.25, 0.3) is 11.1 Å². The van der Waals surface area contributed by atoms with E-state index in [4.69, 9.17) is 0 Å². The normalized spacial score (nSPS) is 12.3. The van der Waals surface area contributed by atoms with Gasteiger partial charge in [-0.3, -0.25) is 19.2 Å². The summed E-state index contributed by atoms with van der Waals surface area (Å²) < 4.78 is 0.961. The third-order valence-electron chi connectivity index (χ3n) is 5.41. The van der Waals surface area contributed by atoms with E-state index in [0.29, 0.717) is 11.3 Å². The lowest BCUT2D eigenvalue weighted by Gasteiger charge is -2.16. The topological polar surface area (TPSA) is 113 Å². The Kier molecular flexibility index (Phi) is 8.92. The molecule has 0 spiro atoms. The Morgan fingerprint density at radius 3 is 1.97 bits per heavy atom. The van der Waals surface area contributed by atoms with Gasteiger partial charge in [-0.1, -0.05) is 70.5 Å².